The van der Waals surface area contributed by atoms with Crippen LogP contribution < -0.4 is 9.47 Å². The van der Waals surface area contributed by atoms with E-state index in [0.29, 0.717) is 17.9 Å². The topological polar surface area (TPSA) is 112 Å². The average Bonchev–Trinajstić information content (AvgIpc) is 3.05. The molecule has 1 aromatic rings. The molecule has 2 fully saturated rings. The minimum Gasteiger partial charge on any atom is -0.495 e. The Kier molecular flexibility index (Phi) is 6.37. The van der Waals surface area contributed by atoms with E-state index >= 15 is 0 Å². The van der Waals surface area contributed by atoms with Crippen LogP contribution in [-0.4, -0.2) is 48.6 Å². The fraction of sp³-hybridized carbons (Fsp3) is 0.704. The van der Waals surface area contributed by atoms with E-state index in [9.17, 15) is 19.8 Å². The van der Waals surface area contributed by atoms with Crippen LogP contribution in [0, 0.1) is 29.6 Å². The highest BCUT2D eigenvalue weighted by molar-refractivity contribution is 6.05. The van der Waals surface area contributed by atoms with E-state index in [0.717, 1.165) is 25.7 Å². The van der Waals surface area contributed by atoms with Gasteiger partial charge >= 0.3 is 11.9 Å². The standard InChI is InChI=1S/C27H38O8/c1-14-20(32-6)18-17(23(29)35-24(18)30)19(22(28)33-7)21(14)34-13-16-26(4)11-8-10-25(2,3)15(26)9-12-27(16,5)31/h15-16,23,29,31H,8-13H2,1-7H3/t15-,16+,23+,26-,27+/m0/s1. The number of carbonyl (C=O) groups excluding carboxylic acids is 2. The first-order valence-corrected chi connectivity index (χ1v) is 12.4. The Balaban J connectivity index is 1.80. The number of carbonyl (C=O) groups is 2. The zero-order valence-corrected chi connectivity index (χ0v) is 21.8. The first-order valence-electron chi connectivity index (χ1n) is 12.4. The number of esters is 2. The molecule has 2 saturated carbocycles. The van der Waals surface area contributed by atoms with Gasteiger partial charge in [0.2, 0.25) is 6.29 Å². The molecule has 8 heteroatoms. The summed E-state index contributed by atoms with van der Waals surface area (Å²) in [5, 5.41) is 22.0. The summed E-state index contributed by atoms with van der Waals surface area (Å²) in [6.07, 6.45) is 3.21. The van der Waals surface area contributed by atoms with Crippen LogP contribution in [0.3, 0.4) is 0 Å². The predicted octanol–water partition coefficient (Wildman–Crippen LogP) is 4.32. The minimum absolute atomic E-state index is 0.00373. The monoisotopic (exact) mass is 490 g/mol. The lowest BCUT2D eigenvalue weighted by Gasteiger charge is -2.61. The molecule has 0 spiro atoms. The van der Waals surface area contributed by atoms with Crippen molar-refractivity contribution >= 4 is 11.9 Å². The number of aliphatic hydroxyl groups excluding tert-OH is 1. The number of methoxy groups -OCH3 is 2. The molecule has 2 N–H and O–H groups in total. The van der Waals surface area contributed by atoms with Gasteiger partial charge in [0, 0.05) is 11.5 Å². The van der Waals surface area contributed by atoms with Crippen LogP contribution in [0.1, 0.15) is 97.9 Å². The second kappa shape index (κ2) is 8.66. The van der Waals surface area contributed by atoms with Gasteiger partial charge in [0.25, 0.3) is 0 Å². The summed E-state index contributed by atoms with van der Waals surface area (Å²) in [5.41, 5.74) is -0.583. The smallest absolute Gasteiger partial charge is 0.345 e. The van der Waals surface area contributed by atoms with Gasteiger partial charge < -0.3 is 29.2 Å². The summed E-state index contributed by atoms with van der Waals surface area (Å²) >= 11 is 0. The second-order valence-electron chi connectivity index (χ2n) is 11.6. The minimum atomic E-state index is -1.64. The molecule has 5 atom stereocenters. The number of fused-ring (bicyclic) bond motifs is 2. The number of benzene rings is 1. The molecule has 0 radical (unpaired) electrons. The number of hydrogen-bond acceptors (Lipinski definition) is 8. The molecule has 3 aliphatic rings. The van der Waals surface area contributed by atoms with Crippen molar-refractivity contribution in [3.05, 3.63) is 22.3 Å². The molecule has 1 aliphatic heterocycles. The first-order chi connectivity index (χ1) is 16.3. The van der Waals surface area contributed by atoms with Gasteiger partial charge in [-0.25, -0.2) is 9.59 Å². The Labute approximate surface area is 206 Å². The van der Waals surface area contributed by atoms with Crippen molar-refractivity contribution in [1.82, 2.24) is 0 Å². The van der Waals surface area contributed by atoms with Crippen molar-refractivity contribution in [1.29, 1.82) is 0 Å². The van der Waals surface area contributed by atoms with Gasteiger partial charge in [-0.2, -0.15) is 0 Å². The van der Waals surface area contributed by atoms with E-state index in [2.05, 4.69) is 20.8 Å². The molecule has 1 aromatic carbocycles. The second-order valence-corrected chi connectivity index (χ2v) is 11.6. The molecule has 1 heterocycles. The molecule has 194 valence electrons. The molecule has 2 aliphatic carbocycles. The average molecular weight is 491 g/mol. The maximum Gasteiger partial charge on any atom is 0.345 e. The highest BCUT2D eigenvalue weighted by atomic mass is 16.6. The van der Waals surface area contributed by atoms with E-state index in [-0.39, 0.29) is 51.5 Å². The van der Waals surface area contributed by atoms with Crippen molar-refractivity contribution in [3.63, 3.8) is 0 Å². The fourth-order valence-corrected chi connectivity index (χ4v) is 7.42. The number of cyclic esters (lactones) is 1. The molecular formula is C27H38O8. The summed E-state index contributed by atoms with van der Waals surface area (Å²) in [4.78, 5) is 25.3. The van der Waals surface area contributed by atoms with E-state index in [1.54, 1.807) is 6.92 Å². The lowest BCUT2D eigenvalue weighted by molar-refractivity contribution is -0.176. The predicted molar refractivity (Wildman–Crippen MR) is 128 cm³/mol. The molecule has 0 aromatic heterocycles. The zero-order valence-electron chi connectivity index (χ0n) is 21.8. The van der Waals surface area contributed by atoms with Gasteiger partial charge in [-0.05, 0) is 56.3 Å². The summed E-state index contributed by atoms with van der Waals surface area (Å²) in [7, 11) is 2.63. The molecule has 0 saturated heterocycles. The Morgan fingerprint density at radius 3 is 2.43 bits per heavy atom. The van der Waals surface area contributed by atoms with Crippen molar-refractivity contribution in [2.24, 2.45) is 22.7 Å². The van der Waals surface area contributed by atoms with Crippen molar-refractivity contribution in [3.8, 4) is 11.5 Å². The quantitative estimate of drug-likeness (QED) is 0.587. The molecule has 4 rings (SSSR count). The maximum atomic E-state index is 12.9. The lowest BCUT2D eigenvalue weighted by atomic mass is 9.46. The van der Waals surface area contributed by atoms with Crippen LogP contribution in [0.4, 0.5) is 0 Å². The number of aliphatic hydroxyl groups is 2. The SMILES string of the molecule is COC(=O)c1c(OC[C@@H]2[C@@]3(C)CCCC(C)(C)[C@@H]3CC[C@@]2(C)O)c(C)c(OC)c2c1[C@H](O)OC2=O. The van der Waals surface area contributed by atoms with E-state index < -0.39 is 23.8 Å². The van der Waals surface area contributed by atoms with Crippen LogP contribution in [0.15, 0.2) is 0 Å². The Hall–Kier alpha value is -2.32. The molecule has 0 amide bonds. The van der Waals surface area contributed by atoms with Crippen molar-refractivity contribution in [2.75, 3.05) is 20.8 Å². The van der Waals surface area contributed by atoms with Gasteiger partial charge in [-0.3, -0.25) is 0 Å². The van der Waals surface area contributed by atoms with E-state index in [4.69, 9.17) is 18.9 Å². The summed E-state index contributed by atoms with van der Waals surface area (Å²) < 4.78 is 21.9. The van der Waals surface area contributed by atoms with Gasteiger partial charge in [0.05, 0.1) is 32.0 Å². The first kappa shape index (κ1) is 25.8. The molecule has 35 heavy (non-hydrogen) atoms. The fourth-order valence-electron chi connectivity index (χ4n) is 7.42. The molecule has 0 bridgehead atoms. The normalized spacial score (nSPS) is 33.4. The Morgan fingerprint density at radius 1 is 1.11 bits per heavy atom. The van der Waals surface area contributed by atoms with Crippen LogP contribution in [0.25, 0.3) is 0 Å². The summed E-state index contributed by atoms with van der Waals surface area (Å²) in [6, 6.07) is 0. The summed E-state index contributed by atoms with van der Waals surface area (Å²) in [5.74, 6) is -0.942. The van der Waals surface area contributed by atoms with Gasteiger partial charge in [0.15, 0.2) is 0 Å². The van der Waals surface area contributed by atoms with Gasteiger partial charge in [-0.1, -0.05) is 27.2 Å². The van der Waals surface area contributed by atoms with Crippen molar-refractivity contribution in [2.45, 2.75) is 78.6 Å². The maximum absolute atomic E-state index is 12.9. The van der Waals surface area contributed by atoms with Crippen LogP contribution in [-0.2, 0) is 9.47 Å². The molecule has 0 unspecified atom stereocenters. The highest BCUT2D eigenvalue weighted by Crippen LogP contribution is 2.62. The number of ether oxygens (including phenoxy) is 4. The van der Waals surface area contributed by atoms with Gasteiger partial charge in [0.1, 0.15) is 22.6 Å². The van der Waals surface area contributed by atoms with Crippen LogP contribution >= 0.6 is 0 Å². The Morgan fingerprint density at radius 2 is 1.80 bits per heavy atom. The van der Waals surface area contributed by atoms with Crippen LogP contribution in [0.5, 0.6) is 11.5 Å². The highest BCUT2D eigenvalue weighted by Gasteiger charge is 2.58. The third-order valence-corrected chi connectivity index (χ3v) is 9.09. The third kappa shape index (κ3) is 3.89. The number of rotatable bonds is 5. The van der Waals surface area contributed by atoms with E-state index in [1.807, 2.05) is 6.92 Å². The third-order valence-electron chi connectivity index (χ3n) is 9.09. The summed E-state index contributed by atoms with van der Waals surface area (Å²) in [6.45, 7) is 10.6. The zero-order chi connectivity index (χ0) is 25.9. The van der Waals surface area contributed by atoms with E-state index in [1.165, 1.54) is 14.2 Å². The number of hydrogen-bond donors (Lipinski definition) is 2. The van der Waals surface area contributed by atoms with Crippen molar-refractivity contribution < 1.29 is 38.7 Å². The van der Waals surface area contributed by atoms with Crippen LogP contribution in [0.2, 0.25) is 0 Å². The van der Waals surface area contributed by atoms with Gasteiger partial charge in [-0.15, -0.1) is 0 Å². The molecule has 8 nitrogen and oxygen atoms in total. The lowest BCUT2D eigenvalue weighted by Crippen LogP contribution is -2.59. The largest absolute Gasteiger partial charge is 0.495 e. The molecular weight excluding hydrogens is 452 g/mol. The Bertz CT molecular complexity index is 1040.